The molecule has 0 atom stereocenters. The number of amides is 1. The van der Waals surface area contributed by atoms with Crippen LogP contribution in [0.4, 0.5) is 5.69 Å². The summed E-state index contributed by atoms with van der Waals surface area (Å²) in [5.74, 6) is 1.09. The molecule has 6 nitrogen and oxygen atoms in total. The number of hydrogen-bond acceptors (Lipinski definition) is 5. The van der Waals surface area contributed by atoms with Crippen molar-refractivity contribution in [1.29, 1.82) is 0 Å². The first-order valence-electron chi connectivity index (χ1n) is 8.43. The zero-order valence-corrected chi connectivity index (χ0v) is 16.5. The summed E-state index contributed by atoms with van der Waals surface area (Å²) in [6, 6.07) is 17.0. The van der Waals surface area contributed by atoms with Gasteiger partial charge in [0.2, 0.25) is 0 Å². The molecule has 2 aromatic heterocycles. The fourth-order valence-corrected chi connectivity index (χ4v) is 3.59. The maximum atomic E-state index is 12.2. The summed E-state index contributed by atoms with van der Waals surface area (Å²) in [5, 5.41) is 7.74. The molecule has 0 aliphatic rings. The van der Waals surface area contributed by atoms with Gasteiger partial charge in [0.05, 0.1) is 28.7 Å². The molecule has 0 saturated carbocycles. The van der Waals surface area contributed by atoms with E-state index in [0.717, 1.165) is 22.4 Å². The summed E-state index contributed by atoms with van der Waals surface area (Å²) in [4.78, 5) is 20.7. The van der Waals surface area contributed by atoms with Crippen LogP contribution in [-0.2, 0) is 0 Å². The van der Waals surface area contributed by atoms with Crippen LogP contribution in [0.5, 0.6) is 5.75 Å². The minimum Gasteiger partial charge on any atom is -0.495 e. The molecule has 0 radical (unpaired) electrons. The second-order valence-corrected chi connectivity index (χ2v) is 7.26. The van der Waals surface area contributed by atoms with Crippen molar-refractivity contribution >= 4 is 51.3 Å². The molecule has 0 aliphatic heterocycles. The molecule has 2 aromatic carbocycles. The molecular weight excluding hydrogens is 392 g/mol. The normalized spacial score (nSPS) is 10.6. The fourth-order valence-electron chi connectivity index (χ4n) is 2.77. The maximum Gasteiger partial charge on any atom is 0.267 e. The quantitative estimate of drug-likeness (QED) is 0.436. The Balaban J connectivity index is 1.58. The Bertz CT molecular complexity index is 1120. The molecule has 0 unspecified atom stereocenters. The standard InChI is InChI=1S/C20H16N4O2S2/c1-26-16-9-8-12(18-21-13-5-2-3-6-14(13)22-18)11-15(16)23-20(27)24-19(25)17-7-4-10-28-17/h2-11H,1H3,(H,21,22)(H2,23,24,25,27). The minimum atomic E-state index is -0.250. The highest BCUT2D eigenvalue weighted by molar-refractivity contribution is 7.80. The molecule has 4 aromatic rings. The minimum absolute atomic E-state index is 0.193. The van der Waals surface area contributed by atoms with E-state index in [1.54, 1.807) is 13.2 Å². The Morgan fingerprint density at radius 3 is 2.79 bits per heavy atom. The van der Waals surface area contributed by atoms with E-state index in [1.807, 2.05) is 53.9 Å². The lowest BCUT2D eigenvalue weighted by Crippen LogP contribution is -2.33. The smallest absolute Gasteiger partial charge is 0.267 e. The van der Waals surface area contributed by atoms with Crippen LogP contribution >= 0.6 is 23.6 Å². The Kier molecular flexibility index (Phi) is 5.05. The van der Waals surface area contributed by atoms with E-state index in [2.05, 4.69) is 20.6 Å². The number of ether oxygens (including phenoxy) is 1. The van der Waals surface area contributed by atoms with Crippen molar-refractivity contribution in [3.63, 3.8) is 0 Å². The van der Waals surface area contributed by atoms with Crippen molar-refractivity contribution in [3.05, 3.63) is 64.9 Å². The molecule has 0 bridgehead atoms. The fraction of sp³-hybridized carbons (Fsp3) is 0.0500. The Hall–Kier alpha value is -3.23. The van der Waals surface area contributed by atoms with E-state index in [-0.39, 0.29) is 11.0 Å². The predicted octanol–water partition coefficient (Wildman–Crippen LogP) is 4.43. The number of thiophene rings is 1. The summed E-state index contributed by atoms with van der Waals surface area (Å²) in [6.45, 7) is 0. The second-order valence-electron chi connectivity index (χ2n) is 5.90. The first kappa shape index (κ1) is 18.1. The number of aromatic nitrogens is 2. The predicted molar refractivity (Wildman–Crippen MR) is 116 cm³/mol. The maximum absolute atomic E-state index is 12.2. The number of fused-ring (bicyclic) bond motifs is 1. The van der Waals surface area contributed by atoms with Crippen molar-refractivity contribution in [2.24, 2.45) is 0 Å². The molecule has 1 amide bonds. The van der Waals surface area contributed by atoms with Gasteiger partial charge in [0.25, 0.3) is 5.91 Å². The van der Waals surface area contributed by atoms with Crippen LogP contribution in [0.3, 0.4) is 0 Å². The first-order chi connectivity index (χ1) is 13.6. The van der Waals surface area contributed by atoms with Crippen LogP contribution in [0.2, 0.25) is 0 Å². The highest BCUT2D eigenvalue weighted by Gasteiger charge is 2.13. The number of thiocarbonyl (C=S) groups is 1. The lowest BCUT2D eigenvalue weighted by Gasteiger charge is -2.13. The monoisotopic (exact) mass is 408 g/mol. The Morgan fingerprint density at radius 1 is 1.18 bits per heavy atom. The molecule has 8 heteroatoms. The third kappa shape index (κ3) is 3.73. The third-order valence-electron chi connectivity index (χ3n) is 4.08. The molecule has 0 aliphatic carbocycles. The molecule has 0 saturated heterocycles. The van der Waals surface area contributed by atoms with Gasteiger partial charge in [0, 0.05) is 5.56 Å². The highest BCUT2D eigenvalue weighted by atomic mass is 32.1. The van der Waals surface area contributed by atoms with Gasteiger partial charge in [-0.05, 0) is 54.0 Å². The molecular formula is C20H16N4O2S2. The van der Waals surface area contributed by atoms with E-state index in [0.29, 0.717) is 16.3 Å². The van der Waals surface area contributed by atoms with E-state index >= 15 is 0 Å². The number of benzene rings is 2. The van der Waals surface area contributed by atoms with Gasteiger partial charge >= 0.3 is 0 Å². The van der Waals surface area contributed by atoms with Crippen molar-refractivity contribution < 1.29 is 9.53 Å². The number of para-hydroxylation sites is 2. The lowest BCUT2D eigenvalue weighted by atomic mass is 10.1. The molecule has 3 N–H and O–H groups in total. The van der Waals surface area contributed by atoms with Gasteiger partial charge < -0.3 is 15.0 Å². The average molecular weight is 409 g/mol. The topological polar surface area (TPSA) is 79.0 Å². The Morgan fingerprint density at radius 2 is 2.04 bits per heavy atom. The highest BCUT2D eigenvalue weighted by Crippen LogP contribution is 2.30. The van der Waals surface area contributed by atoms with E-state index in [9.17, 15) is 4.79 Å². The second kappa shape index (κ2) is 7.79. The van der Waals surface area contributed by atoms with Crippen LogP contribution in [0.15, 0.2) is 60.0 Å². The molecule has 4 rings (SSSR count). The zero-order valence-electron chi connectivity index (χ0n) is 14.9. The van der Waals surface area contributed by atoms with Gasteiger partial charge in [-0.15, -0.1) is 11.3 Å². The number of aromatic amines is 1. The van der Waals surface area contributed by atoms with Crippen LogP contribution in [0.1, 0.15) is 9.67 Å². The van der Waals surface area contributed by atoms with Crippen LogP contribution < -0.4 is 15.4 Å². The number of nitrogens with zero attached hydrogens (tertiary/aromatic N) is 1. The average Bonchev–Trinajstić information content (AvgIpc) is 3.37. The lowest BCUT2D eigenvalue weighted by molar-refractivity contribution is 0.0981. The van der Waals surface area contributed by atoms with Gasteiger partial charge in [-0.3, -0.25) is 10.1 Å². The SMILES string of the molecule is COc1ccc(-c2nc3ccccc3[nH]2)cc1NC(=S)NC(=O)c1cccs1. The van der Waals surface area contributed by atoms with Crippen molar-refractivity contribution in [1.82, 2.24) is 15.3 Å². The number of H-pyrrole nitrogens is 1. The summed E-state index contributed by atoms with van der Waals surface area (Å²) in [6.07, 6.45) is 0. The summed E-state index contributed by atoms with van der Waals surface area (Å²) < 4.78 is 5.41. The summed E-state index contributed by atoms with van der Waals surface area (Å²) in [7, 11) is 1.58. The molecule has 2 heterocycles. The van der Waals surface area contributed by atoms with E-state index < -0.39 is 0 Å². The molecule has 0 fully saturated rings. The van der Waals surface area contributed by atoms with Gasteiger partial charge in [-0.2, -0.15) is 0 Å². The van der Waals surface area contributed by atoms with Gasteiger partial charge in [0.1, 0.15) is 11.6 Å². The van der Waals surface area contributed by atoms with Gasteiger partial charge in [0.15, 0.2) is 5.11 Å². The van der Waals surface area contributed by atoms with Crippen molar-refractivity contribution in [2.45, 2.75) is 0 Å². The summed E-state index contributed by atoms with van der Waals surface area (Å²) >= 11 is 6.64. The molecule has 0 spiro atoms. The molecule has 28 heavy (non-hydrogen) atoms. The van der Waals surface area contributed by atoms with E-state index in [1.165, 1.54) is 11.3 Å². The summed E-state index contributed by atoms with van der Waals surface area (Å²) in [5.41, 5.74) is 3.35. The number of anilines is 1. The number of rotatable bonds is 4. The largest absolute Gasteiger partial charge is 0.495 e. The number of carbonyl (C=O) groups excluding carboxylic acids is 1. The number of imidazole rings is 1. The number of hydrogen-bond donors (Lipinski definition) is 3. The number of methoxy groups -OCH3 is 1. The van der Waals surface area contributed by atoms with Crippen LogP contribution in [0, 0.1) is 0 Å². The third-order valence-corrected chi connectivity index (χ3v) is 5.16. The van der Waals surface area contributed by atoms with Crippen molar-refractivity contribution in [3.8, 4) is 17.1 Å². The van der Waals surface area contributed by atoms with Crippen LogP contribution in [0.25, 0.3) is 22.4 Å². The van der Waals surface area contributed by atoms with Gasteiger partial charge in [-0.25, -0.2) is 4.98 Å². The Labute approximate surface area is 170 Å². The number of carbonyl (C=O) groups is 1. The number of nitrogens with one attached hydrogen (secondary N) is 3. The van der Waals surface area contributed by atoms with Crippen molar-refractivity contribution in [2.75, 3.05) is 12.4 Å². The molecule has 140 valence electrons. The van der Waals surface area contributed by atoms with Gasteiger partial charge in [-0.1, -0.05) is 18.2 Å². The zero-order chi connectivity index (χ0) is 19.5. The van der Waals surface area contributed by atoms with E-state index in [4.69, 9.17) is 17.0 Å². The van der Waals surface area contributed by atoms with Crippen LogP contribution in [-0.4, -0.2) is 28.1 Å². The first-order valence-corrected chi connectivity index (χ1v) is 9.72.